The maximum absolute atomic E-state index is 12.7. The van der Waals surface area contributed by atoms with Crippen LogP contribution in [0.2, 0.25) is 0 Å². The normalized spacial score (nSPS) is 18.7. The summed E-state index contributed by atoms with van der Waals surface area (Å²) in [7, 11) is -3.46. The van der Waals surface area contributed by atoms with Crippen molar-refractivity contribution in [2.24, 2.45) is 5.73 Å². The Hall–Kier alpha value is -1.44. The maximum Gasteiger partial charge on any atom is 0.272 e. The van der Waals surface area contributed by atoms with E-state index in [1.165, 1.54) is 4.31 Å². The fourth-order valence-corrected chi connectivity index (χ4v) is 4.26. The van der Waals surface area contributed by atoms with E-state index < -0.39 is 10.0 Å². The number of rotatable bonds is 6. The van der Waals surface area contributed by atoms with Crippen LogP contribution in [0.25, 0.3) is 0 Å². The number of amides is 1. The summed E-state index contributed by atoms with van der Waals surface area (Å²) >= 11 is 0. The summed E-state index contributed by atoms with van der Waals surface area (Å²) < 4.78 is 26.9. The van der Waals surface area contributed by atoms with E-state index in [0.717, 1.165) is 16.9 Å². The van der Waals surface area contributed by atoms with Crippen molar-refractivity contribution < 1.29 is 18.1 Å². The minimum absolute atomic E-state index is 0.261. The predicted octanol–water partition coefficient (Wildman–Crippen LogP) is -0.425. The summed E-state index contributed by atoms with van der Waals surface area (Å²) in [5, 5.41) is 0. The van der Waals surface area contributed by atoms with Gasteiger partial charge in [-0.15, -0.1) is 0 Å². The number of nitrogens with zero attached hydrogens (tertiary/aromatic N) is 1. The lowest BCUT2D eigenvalue weighted by Gasteiger charge is -2.30. The number of benzene rings is 1. The van der Waals surface area contributed by atoms with Crippen molar-refractivity contribution in [3.8, 4) is 0 Å². The molecule has 1 aliphatic heterocycles. The van der Waals surface area contributed by atoms with Crippen molar-refractivity contribution in [3.63, 3.8) is 0 Å². The van der Waals surface area contributed by atoms with Crippen LogP contribution in [0.4, 0.5) is 0 Å². The molecule has 0 saturated carbocycles. The van der Waals surface area contributed by atoms with Gasteiger partial charge >= 0.3 is 0 Å². The van der Waals surface area contributed by atoms with Gasteiger partial charge in [-0.25, -0.2) is 8.42 Å². The molecule has 7 heteroatoms. The Labute approximate surface area is 138 Å². The van der Waals surface area contributed by atoms with Gasteiger partial charge in [-0.3, -0.25) is 4.79 Å². The van der Waals surface area contributed by atoms with Crippen molar-refractivity contribution in [2.75, 3.05) is 32.7 Å². The third-order valence-electron chi connectivity index (χ3n) is 4.55. The van der Waals surface area contributed by atoms with Crippen molar-refractivity contribution in [1.82, 2.24) is 4.31 Å². The first kappa shape index (κ1) is 17.9. The van der Waals surface area contributed by atoms with Gasteiger partial charge in [0.1, 0.15) is 0 Å². The molecule has 1 aliphatic rings. The molecule has 3 N–H and O–H groups in total. The second-order valence-corrected chi connectivity index (χ2v) is 8.11. The lowest BCUT2D eigenvalue weighted by atomic mass is 9.99. The summed E-state index contributed by atoms with van der Waals surface area (Å²) in [6.45, 7) is 6.54. The zero-order chi connectivity index (χ0) is 17.0. The lowest BCUT2D eigenvalue weighted by molar-refractivity contribution is -0.895. The van der Waals surface area contributed by atoms with Crippen LogP contribution in [0.1, 0.15) is 31.7 Å². The van der Waals surface area contributed by atoms with E-state index >= 15 is 0 Å². The van der Waals surface area contributed by atoms with E-state index in [1.54, 1.807) is 12.1 Å². The summed E-state index contributed by atoms with van der Waals surface area (Å²) in [4.78, 5) is 12.3. The minimum Gasteiger partial charge on any atom is -0.365 e. The largest absolute Gasteiger partial charge is 0.365 e. The number of nitrogens with two attached hydrogens (primary N) is 1. The highest BCUT2D eigenvalue weighted by atomic mass is 32.2. The van der Waals surface area contributed by atoms with Gasteiger partial charge < -0.3 is 10.6 Å². The second kappa shape index (κ2) is 7.42. The molecule has 1 aromatic rings. The van der Waals surface area contributed by atoms with Crippen LogP contribution in [0.15, 0.2) is 29.2 Å². The summed E-state index contributed by atoms with van der Waals surface area (Å²) in [5.41, 5.74) is 6.35. The maximum atomic E-state index is 12.7. The van der Waals surface area contributed by atoms with Gasteiger partial charge in [0, 0.05) is 0 Å². The van der Waals surface area contributed by atoms with Crippen molar-refractivity contribution >= 4 is 15.9 Å². The molecule has 1 heterocycles. The molecule has 0 spiro atoms. The van der Waals surface area contributed by atoms with Crippen molar-refractivity contribution in [1.29, 1.82) is 0 Å². The molecule has 1 aromatic carbocycles. The molecule has 0 aliphatic carbocycles. The number of quaternary nitrogens is 1. The molecule has 6 nitrogen and oxygen atoms in total. The molecule has 1 amide bonds. The second-order valence-electron chi connectivity index (χ2n) is 6.18. The molecule has 1 saturated heterocycles. The smallest absolute Gasteiger partial charge is 0.272 e. The van der Waals surface area contributed by atoms with Gasteiger partial charge in [0.15, 0.2) is 6.54 Å². The van der Waals surface area contributed by atoms with Crippen molar-refractivity contribution in [3.05, 3.63) is 29.8 Å². The molecular weight excluding hydrogens is 314 g/mol. The first-order chi connectivity index (χ1) is 10.8. The van der Waals surface area contributed by atoms with E-state index in [1.807, 2.05) is 12.1 Å². The number of hydrogen-bond donors (Lipinski definition) is 2. The van der Waals surface area contributed by atoms with Gasteiger partial charge in [-0.2, -0.15) is 4.31 Å². The van der Waals surface area contributed by atoms with Gasteiger partial charge in [0.05, 0.1) is 31.1 Å². The topological polar surface area (TPSA) is 84.9 Å². The lowest BCUT2D eigenvalue weighted by Crippen LogP contribution is -3.15. The summed E-state index contributed by atoms with van der Waals surface area (Å²) in [6, 6.07) is 7.18. The van der Waals surface area contributed by atoms with Crippen LogP contribution in [0.5, 0.6) is 0 Å². The molecule has 128 valence electrons. The molecule has 0 radical (unpaired) electrons. The van der Waals surface area contributed by atoms with E-state index in [9.17, 15) is 13.2 Å². The molecule has 23 heavy (non-hydrogen) atoms. The van der Waals surface area contributed by atoms with Gasteiger partial charge in [-0.1, -0.05) is 26.0 Å². The fraction of sp³-hybridized carbons (Fsp3) is 0.562. The van der Waals surface area contributed by atoms with E-state index in [-0.39, 0.29) is 12.5 Å². The molecule has 2 rings (SSSR count). The Kier molecular flexibility index (Phi) is 5.78. The number of carbonyl (C=O) groups excluding carboxylic acids is 1. The van der Waals surface area contributed by atoms with Crippen LogP contribution in [-0.4, -0.2) is 51.4 Å². The summed E-state index contributed by atoms with van der Waals surface area (Å²) in [6.07, 6.45) is 1.02. The van der Waals surface area contributed by atoms with Gasteiger partial charge in [0.25, 0.3) is 5.91 Å². The Morgan fingerprint density at radius 1 is 1.26 bits per heavy atom. The first-order valence-corrected chi connectivity index (χ1v) is 9.50. The zero-order valence-electron chi connectivity index (χ0n) is 13.8. The van der Waals surface area contributed by atoms with Crippen LogP contribution in [0.3, 0.4) is 0 Å². The molecule has 1 fully saturated rings. The number of piperazine rings is 1. The third-order valence-corrected chi connectivity index (χ3v) is 6.47. The Balaban J connectivity index is 2.06. The highest BCUT2D eigenvalue weighted by molar-refractivity contribution is 7.89. The number of nitrogens with one attached hydrogen (secondary N) is 1. The Morgan fingerprint density at radius 2 is 1.83 bits per heavy atom. The fourth-order valence-electron chi connectivity index (χ4n) is 2.82. The molecular formula is C16H26N3O3S+. The van der Waals surface area contributed by atoms with Crippen LogP contribution >= 0.6 is 0 Å². The number of hydrogen-bond acceptors (Lipinski definition) is 3. The van der Waals surface area contributed by atoms with E-state index in [2.05, 4.69) is 13.8 Å². The third kappa shape index (κ3) is 4.31. The van der Waals surface area contributed by atoms with E-state index in [0.29, 0.717) is 37.0 Å². The van der Waals surface area contributed by atoms with Crippen LogP contribution < -0.4 is 10.6 Å². The molecule has 0 unspecified atom stereocenters. The number of primary amides is 1. The highest BCUT2D eigenvalue weighted by Crippen LogP contribution is 2.22. The first-order valence-electron chi connectivity index (χ1n) is 8.06. The summed E-state index contributed by atoms with van der Waals surface area (Å²) in [5.74, 6) is 0.0737. The Bertz CT molecular complexity index is 635. The highest BCUT2D eigenvalue weighted by Gasteiger charge is 2.30. The van der Waals surface area contributed by atoms with Crippen LogP contribution in [0, 0.1) is 0 Å². The van der Waals surface area contributed by atoms with Gasteiger partial charge in [-0.05, 0) is 30.0 Å². The monoisotopic (exact) mass is 340 g/mol. The zero-order valence-corrected chi connectivity index (χ0v) is 14.6. The standard InChI is InChI=1S/C16H25N3O3S/c1-3-13(2)14-4-6-15(7-5-14)23(21,22)19-10-8-18(9-11-19)12-16(17)20/h4-7,13H,3,8-12H2,1-2H3,(H2,17,20)/p+1/t13-/m0/s1. The van der Waals surface area contributed by atoms with E-state index in [4.69, 9.17) is 5.73 Å². The Morgan fingerprint density at radius 3 is 2.30 bits per heavy atom. The number of sulfonamides is 1. The van der Waals surface area contributed by atoms with Crippen molar-refractivity contribution in [2.45, 2.75) is 31.1 Å². The average Bonchev–Trinajstić information content (AvgIpc) is 2.54. The molecule has 1 atom stereocenters. The molecule has 0 aromatic heterocycles. The van der Waals surface area contributed by atoms with Crippen LogP contribution in [-0.2, 0) is 14.8 Å². The van der Waals surface area contributed by atoms with Gasteiger partial charge in [0.2, 0.25) is 10.0 Å². The quantitative estimate of drug-likeness (QED) is 0.737. The number of carbonyl (C=O) groups is 1. The average molecular weight is 340 g/mol. The predicted molar refractivity (Wildman–Crippen MR) is 88.7 cm³/mol. The molecule has 0 bridgehead atoms. The minimum atomic E-state index is -3.46. The SMILES string of the molecule is CC[C@H](C)c1ccc(S(=O)(=O)N2CC[NH+](CC(N)=O)CC2)cc1.